The van der Waals surface area contributed by atoms with Crippen molar-refractivity contribution in [1.82, 2.24) is 0 Å². The molecule has 4 heteroatoms. The summed E-state index contributed by atoms with van der Waals surface area (Å²) < 4.78 is 5.29. The van der Waals surface area contributed by atoms with Crippen LogP contribution in [0.1, 0.15) is 18.9 Å². The van der Waals surface area contributed by atoms with E-state index >= 15 is 0 Å². The molecule has 0 aliphatic rings. The smallest absolute Gasteiger partial charge is 0.195 e. The number of aromatic hydroxyl groups is 1. The maximum atomic E-state index is 12.0. The van der Waals surface area contributed by atoms with Crippen molar-refractivity contribution in [1.29, 1.82) is 0 Å². The minimum Gasteiger partial charge on any atom is -0.506 e. The fraction of sp³-hybridized carbons (Fsp3) is 0.250. The fourth-order valence-corrected chi connectivity index (χ4v) is 1.78. The fourth-order valence-electron chi connectivity index (χ4n) is 1.62. The van der Waals surface area contributed by atoms with Gasteiger partial charge in [-0.3, -0.25) is 4.79 Å². The van der Waals surface area contributed by atoms with E-state index in [2.05, 4.69) is 0 Å². The molecule has 0 radical (unpaired) electrons. The maximum Gasteiger partial charge on any atom is 0.195 e. The van der Waals surface area contributed by atoms with Crippen LogP contribution < -0.4 is 5.43 Å². The lowest BCUT2D eigenvalue weighted by Gasteiger charge is -2.02. The number of halogens is 1. The molecule has 0 bridgehead atoms. The molecule has 1 aromatic carbocycles. The van der Waals surface area contributed by atoms with E-state index in [0.717, 1.165) is 6.42 Å². The number of hydrogen-bond acceptors (Lipinski definition) is 3. The summed E-state index contributed by atoms with van der Waals surface area (Å²) in [5.74, 6) is -0.0828. The monoisotopic (exact) mass is 238 g/mol. The SMILES string of the molecule is CCCc1coc2cc(O)c(Cl)cc2c1=O. The summed E-state index contributed by atoms with van der Waals surface area (Å²) in [7, 11) is 0. The van der Waals surface area contributed by atoms with E-state index in [1.165, 1.54) is 18.4 Å². The number of rotatable bonds is 2. The van der Waals surface area contributed by atoms with Gasteiger partial charge < -0.3 is 9.52 Å². The average molecular weight is 239 g/mol. The van der Waals surface area contributed by atoms with Crippen molar-refractivity contribution < 1.29 is 9.52 Å². The van der Waals surface area contributed by atoms with E-state index in [4.69, 9.17) is 16.0 Å². The molecule has 2 rings (SSSR count). The molecule has 0 spiro atoms. The predicted molar refractivity (Wildman–Crippen MR) is 63.2 cm³/mol. The molecule has 1 aromatic heterocycles. The van der Waals surface area contributed by atoms with E-state index in [-0.39, 0.29) is 16.2 Å². The molecule has 2 aromatic rings. The van der Waals surface area contributed by atoms with E-state index in [0.29, 0.717) is 23.0 Å². The lowest BCUT2D eigenvalue weighted by atomic mass is 10.1. The van der Waals surface area contributed by atoms with Crippen LogP contribution in [0.2, 0.25) is 5.02 Å². The number of phenols is 1. The number of benzene rings is 1. The van der Waals surface area contributed by atoms with Crippen LogP contribution in [0.5, 0.6) is 5.75 Å². The zero-order chi connectivity index (χ0) is 11.7. The third-order valence-corrected chi connectivity index (χ3v) is 2.74. The van der Waals surface area contributed by atoms with Gasteiger partial charge in [0.1, 0.15) is 11.3 Å². The van der Waals surface area contributed by atoms with Crippen LogP contribution in [0.3, 0.4) is 0 Å². The third-order valence-electron chi connectivity index (χ3n) is 2.43. The quantitative estimate of drug-likeness (QED) is 0.875. The van der Waals surface area contributed by atoms with E-state index in [1.807, 2.05) is 6.92 Å². The second kappa shape index (κ2) is 4.18. The number of phenolic OH excluding ortho intramolecular Hbond substituents is 1. The highest BCUT2D eigenvalue weighted by molar-refractivity contribution is 6.32. The van der Waals surface area contributed by atoms with E-state index in [1.54, 1.807) is 0 Å². The van der Waals surface area contributed by atoms with Crippen molar-refractivity contribution in [3.05, 3.63) is 39.2 Å². The molecule has 0 unspecified atom stereocenters. The topological polar surface area (TPSA) is 50.4 Å². The lowest BCUT2D eigenvalue weighted by molar-refractivity contribution is 0.474. The Balaban J connectivity index is 2.74. The highest BCUT2D eigenvalue weighted by atomic mass is 35.5. The Kier molecular flexibility index (Phi) is 2.88. The second-order valence-corrected chi connectivity index (χ2v) is 4.05. The summed E-state index contributed by atoms with van der Waals surface area (Å²) in [5, 5.41) is 9.96. The standard InChI is InChI=1S/C12H11ClO3/c1-2-3-7-6-16-11-5-10(14)9(13)4-8(11)12(7)15/h4-6,14H,2-3H2,1H3. The Bertz CT molecular complexity index is 587. The van der Waals surface area contributed by atoms with E-state index < -0.39 is 0 Å². The summed E-state index contributed by atoms with van der Waals surface area (Å²) >= 11 is 5.76. The molecule has 1 N–H and O–H groups in total. The van der Waals surface area contributed by atoms with Crippen LogP contribution in [-0.4, -0.2) is 5.11 Å². The van der Waals surface area contributed by atoms with Gasteiger partial charge in [0.05, 0.1) is 16.7 Å². The first kappa shape index (κ1) is 11.0. The molecule has 0 saturated carbocycles. The van der Waals surface area contributed by atoms with E-state index in [9.17, 15) is 9.90 Å². The third kappa shape index (κ3) is 1.78. The van der Waals surface area contributed by atoms with Crippen molar-refractivity contribution in [2.45, 2.75) is 19.8 Å². The second-order valence-electron chi connectivity index (χ2n) is 3.64. The van der Waals surface area contributed by atoms with Gasteiger partial charge in [0.15, 0.2) is 5.43 Å². The summed E-state index contributed by atoms with van der Waals surface area (Å²) in [6, 6.07) is 2.80. The van der Waals surface area contributed by atoms with Gasteiger partial charge in [-0.05, 0) is 12.5 Å². The molecule has 0 amide bonds. The minimum absolute atomic E-state index is 0.0787. The summed E-state index contributed by atoms with van der Waals surface area (Å²) in [6.07, 6.45) is 3.00. The van der Waals surface area contributed by atoms with Crippen LogP contribution in [0.15, 0.2) is 27.6 Å². The first-order valence-corrected chi connectivity index (χ1v) is 5.44. The van der Waals surface area contributed by atoms with Gasteiger partial charge in [-0.15, -0.1) is 0 Å². The summed E-state index contributed by atoms with van der Waals surface area (Å²) in [6.45, 7) is 1.99. The normalized spacial score (nSPS) is 10.9. The highest BCUT2D eigenvalue weighted by Gasteiger charge is 2.09. The van der Waals surface area contributed by atoms with Gasteiger partial charge in [-0.1, -0.05) is 24.9 Å². The first-order chi connectivity index (χ1) is 7.63. The minimum atomic E-state index is -0.0828. The lowest BCUT2D eigenvalue weighted by Crippen LogP contribution is -2.08. The summed E-state index contributed by atoms with van der Waals surface area (Å²) in [4.78, 5) is 12.0. The van der Waals surface area contributed by atoms with Gasteiger partial charge in [0, 0.05) is 11.6 Å². The Morgan fingerprint density at radius 1 is 1.44 bits per heavy atom. The van der Waals surface area contributed by atoms with Crippen molar-refractivity contribution in [3.63, 3.8) is 0 Å². The van der Waals surface area contributed by atoms with Gasteiger partial charge in [0.25, 0.3) is 0 Å². The maximum absolute atomic E-state index is 12.0. The molecule has 16 heavy (non-hydrogen) atoms. The molecule has 0 saturated heterocycles. The largest absolute Gasteiger partial charge is 0.506 e. The van der Waals surface area contributed by atoms with Gasteiger partial charge >= 0.3 is 0 Å². The Morgan fingerprint density at radius 3 is 2.88 bits per heavy atom. The van der Waals surface area contributed by atoms with Crippen LogP contribution in [0.25, 0.3) is 11.0 Å². The van der Waals surface area contributed by atoms with Crippen LogP contribution >= 0.6 is 11.6 Å². The predicted octanol–water partition coefficient (Wildman–Crippen LogP) is 3.10. The Morgan fingerprint density at radius 2 is 2.19 bits per heavy atom. The van der Waals surface area contributed by atoms with Crippen molar-refractivity contribution in [2.24, 2.45) is 0 Å². The molecular formula is C12H11ClO3. The number of fused-ring (bicyclic) bond motifs is 1. The molecule has 0 aliphatic carbocycles. The molecule has 0 atom stereocenters. The van der Waals surface area contributed by atoms with Crippen LogP contribution in [0.4, 0.5) is 0 Å². The molecular weight excluding hydrogens is 228 g/mol. The Labute approximate surface area is 97.3 Å². The zero-order valence-corrected chi connectivity index (χ0v) is 9.54. The molecule has 3 nitrogen and oxygen atoms in total. The van der Waals surface area contributed by atoms with Crippen molar-refractivity contribution >= 4 is 22.6 Å². The van der Waals surface area contributed by atoms with Gasteiger partial charge in [0.2, 0.25) is 0 Å². The van der Waals surface area contributed by atoms with Gasteiger partial charge in [-0.25, -0.2) is 0 Å². The average Bonchev–Trinajstić information content (AvgIpc) is 2.26. The molecule has 0 fully saturated rings. The molecule has 1 heterocycles. The highest BCUT2D eigenvalue weighted by Crippen LogP contribution is 2.27. The van der Waals surface area contributed by atoms with Gasteiger partial charge in [-0.2, -0.15) is 0 Å². The molecule has 0 aliphatic heterocycles. The first-order valence-electron chi connectivity index (χ1n) is 5.06. The van der Waals surface area contributed by atoms with Crippen molar-refractivity contribution in [2.75, 3.05) is 0 Å². The molecule has 84 valence electrons. The van der Waals surface area contributed by atoms with Crippen LogP contribution in [-0.2, 0) is 6.42 Å². The Hall–Kier alpha value is -1.48. The van der Waals surface area contributed by atoms with Crippen LogP contribution in [0, 0.1) is 0 Å². The zero-order valence-electron chi connectivity index (χ0n) is 8.79. The van der Waals surface area contributed by atoms with Crippen molar-refractivity contribution in [3.8, 4) is 5.75 Å². The number of aryl methyl sites for hydroxylation is 1. The number of hydrogen-bond donors (Lipinski definition) is 1. The summed E-state index contributed by atoms with van der Waals surface area (Å²) in [5.41, 5.74) is 0.911.